The Bertz CT molecular complexity index is 985. The number of nitrogens with one attached hydrogen (secondary N) is 1. The van der Waals surface area contributed by atoms with Gasteiger partial charge in [-0.1, -0.05) is 35.0 Å². The lowest BCUT2D eigenvalue weighted by Crippen LogP contribution is -2.24. The predicted molar refractivity (Wildman–Crippen MR) is 93.7 cm³/mol. The van der Waals surface area contributed by atoms with Crippen LogP contribution in [0.3, 0.4) is 0 Å². The van der Waals surface area contributed by atoms with Crippen LogP contribution in [0.25, 0.3) is 5.69 Å². The molecular weight excluding hydrogens is 381 g/mol. The normalized spacial score (nSPS) is 11.4. The highest BCUT2D eigenvalue weighted by atomic mass is 35.5. The average Bonchev–Trinajstić information content (AvgIpc) is 3.01. The molecule has 0 saturated heterocycles. The van der Waals surface area contributed by atoms with Crippen molar-refractivity contribution in [2.45, 2.75) is 19.6 Å². The van der Waals surface area contributed by atoms with Gasteiger partial charge in [-0.15, -0.1) is 5.10 Å². The average molecular weight is 395 g/mol. The first-order valence-corrected chi connectivity index (χ1v) is 8.26. The van der Waals surface area contributed by atoms with Gasteiger partial charge in [0.25, 0.3) is 5.91 Å². The van der Waals surface area contributed by atoms with Crippen molar-refractivity contribution in [1.82, 2.24) is 20.3 Å². The van der Waals surface area contributed by atoms with E-state index in [1.165, 1.54) is 16.8 Å². The van der Waals surface area contributed by atoms with Crippen molar-refractivity contribution in [2.24, 2.45) is 0 Å². The highest BCUT2D eigenvalue weighted by molar-refractivity contribution is 6.30. The summed E-state index contributed by atoms with van der Waals surface area (Å²) in [6.07, 6.45) is -4.43. The first-order chi connectivity index (χ1) is 12.8. The van der Waals surface area contributed by atoms with Crippen LogP contribution in [0.15, 0.2) is 48.5 Å². The number of halogens is 4. The fourth-order valence-electron chi connectivity index (χ4n) is 2.52. The Balaban J connectivity index is 1.74. The molecule has 9 heteroatoms. The number of carbonyl (C=O) groups is 1. The summed E-state index contributed by atoms with van der Waals surface area (Å²) in [4.78, 5) is 12.4. The molecule has 27 heavy (non-hydrogen) atoms. The minimum Gasteiger partial charge on any atom is -0.347 e. The molecule has 0 saturated carbocycles. The van der Waals surface area contributed by atoms with Crippen molar-refractivity contribution in [3.8, 4) is 5.69 Å². The van der Waals surface area contributed by atoms with E-state index in [9.17, 15) is 18.0 Å². The quantitative estimate of drug-likeness (QED) is 0.722. The van der Waals surface area contributed by atoms with E-state index in [0.29, 0.717) is 22.0 Å². The predicted octanol–water partition coefficient (Wildman–Crippen LogP) is 4.18. The molecule has 1 heterocycles. The highest BCUT2D eigenvalue weighted by Gasteiger charge is 2.30. The number of hydrogen-bond donors (Lipinski definition) is 1. The molecule has 0 unspecified atom stereocenters. The first-order valence-electron chi connectivity index (χ1n) is 7.88. The largest absolute Gasteiger partial charge is 0.416 e. The van der Waals surface area contributed by atoms with Crippen LogP contribution in [0.2, 0.25) is 5.02 Å². The van der Waals surface area contributed by atoms with Crippen LogP contribution in [-0.4, -0.2) is 20.9 Å². The Kier molecular flexibility index (Phi) is 5.18. The Morgan fingerprint density at radius 3 is 2.63 bits per heavy atom. The molecule has 5 nitrogen and oxygen atoms in total. The molecule has 1 aromatic heterocycles. The van der Waals surface area contributed by atoms with Crippen molar-refractivity contribution in [2.75, 3.05) is 0 Å². The third-order valence-electron chi connectivity index (χ3n) is 3.87. The molecule has 3 aromatic rings. The number of rotatable bonds is 4. The molecule has 0 aliphatic rings. The van der Waals surface area contributed by atoms with Crippen LogP contribution in [0, 0.1) is 6.92 Å². The molecule has 140 valence electrons. The molecule has 0 bridgehead atoms. The molecule has 0 aliphatic carbocycles. The molecule has 2 aromatic carbocycles. The lowest BCUT2D eigenvalue weighted by atomic mass is 10.1. The molecule has 0 fully saturated rings. The fourth-order valence-corrected chi connectivity index (χ4v) is 2.70. The summed E-state index contributed by atoms with van der Waals surface area (Å²) in [5.74, 6) is -0.529. The molecule has 3 rings (SSSR count). The van der Waals surface area contributed by atoms with Crippen LogP contribution >= 0.6 is 11.6 Å². The third kappa shape index (κ3) is 4.28. The van der Waals surface area contributed by atoms with Crippen molar-refractivity contribution in [3.63, 3.8) is 0 Å². The molecule has 0 spiro atoms. The van der Waals surface area contributed by atoms with Crippen LogP contribution in [0.1, 0.15) is 27.3 Å². The van der Waals surface area contributed by atoms with Gasteiger partial charge in [0.1, 0.15) is 0 Å². The highest BCUT2D eigenvalue weighted by Crippen LogP contribution is 2.29. The maximum Gasteiger partial charge on any atom is 0.416 e. The third-order valence-corrected chi connectivity index (χ3v) is 4.10. The van der Waals surface area contributed by atoms with E-state index in [2.05, 4.69) is 15.6 Å². The number of nitrogens with zero attached hydrogens (tertiary/aromatic N) is 3. The van der Waals surface area contributed by atoms with E-state index < -0.39 is 17.6 Å². The standard InChI is InChI=1S/C18H14ClF3N4O/c1-11-16(24-25-26(11)15-7-3-6-14(19)9-15)17(27)23-10-12-4-2-5-13(8-12)18(20,21)22/h2-9H,10H2,1H3,(H,23,27). The maximum absolute atomic E-state index is 12.8. The van der Waals surface area contributed by atoms with Crippen LogP contribution in [-0.2, 0) is 12.7 Å². The van der Waals surface area contributed by atoms with E-state index >= 15 is 0 Å². The van der Waals surface area contributed by atoms with Crippen molar-refractivity contribution < 1.29 is 18.0 Å². The monoisotopic (exact) mass is 394 g/mol. The summed E-state index contributed by atoms with van der Waals surface area (Å²) in [5, 5.41) is 10.9. The summed E-state index contributed by atoms with van der Waals surface area (Å²) in [6, 6.07) is 11.7. The SMILES string of the molecule is Cc1c(C(=O)NCc2cccc(C(F)(F)F)c2)nnn1-c1cccc(Cl)c1. The zero-order valence-electron chi connectivity index (χ0n) is 14.1. The fraction of sp³-hybridized carbons (Fsp3) is 0.167. The Hall–Kier alpha value is -2.87. The van der Waals surface area contributed by atoms with Gasteiger partial charge in [-0.25, -0.2) is 4.68 Å². The van der Waals surface area contributed by atoms with Gasteiger partial charge in [0.2, 0.25) is 0 Å². The Labute approximate surface area is 157 Å². The zero-order chi connectivity index (χ0) is 19.6. The van der Waals surface area contributed by atoms with Crippen LogP contribution in [0.4, 0.5) is 13.2 Å². The van der Waals surface area contributed by atoms with Gasteiger partial charge in [0, 0.05) is 11.6 Å². The maximum atomic E-state index is 12.8. The van der Waals surface area contributed by atoms with E-state index in [-0.39, 0.29) is 12.2 Å². The molecule has 0 aliphatic heterocycles. The van der Waals surface area contributed by atoms with Crippen molar-refractivity contribution >= 4 is 17.5 Å². The van der Waals surface area contributed by atoms with Crippen molar-refractivity contribution in [1.29, 1.82) is 0 Å². The molecule has 0 atom stereocenters. The topological polar surface area (TPSA) is 59.8 Å². The number of benzene rings is 2. The van der Waals surface area contributed by atoms with Crippen LogP contribution < -0.4 is 5.32 Å². The molecular formula is C18H14ClF3N4O. The van der Waals surface area contributed by atoms with Crippen molar-refractivity contribution in [3.05, 3.63) is 76.1 Å². The van der Waals surface area contributed by atoms with E-state index in [0.717, 1.165) is 12.1 Å². The second-order valence-corrected chi connectivity index (χ2v) is 6.23. The molecule has 1 N–H and O–H groups in total. The first kappa shape index (κ1) is 18.9. The lowest BCUT2D eigenvalue weighted by molar-refractivity contribution is -0.137. The van der Waals surface area contributed by atoms with Crippen LogP contribution in [0.5, 0.6) is 0 Å². The zero-order valence-corrected chi connectivity index (χ0v) is 14.8. The van der Waals surface area contributed by atoms with Gasteiger partial charge < -0.3 is 5.32 Å². The molecule has 0 radical (unpaired) electrons. The summed E-state index contributed by atoms with van der Waals surface area (Å²) < 4.78 is 39.7. The summed E-state index contributed by atoms with van der Waals surface area (Å²) >= 11 is 5.96. The summed E-state index contributed by atoms with van der Waals surface area (Å²) in [6.45, 7) is 1.60. The minimum atomic E-state index is -4.43. The summed E-state index contributed by atoms with van der Waals surface area (Å²) in [7, 11) is 0. The summed E-state index contributed by atoms with van der Waals surface area (Å²) in [5.41, 5.74) is 0.778. The van der Waals surface area contributed by atoms with E-state index in [4.69, 9.17) is 11.6 Å². The lowest BCUT2D eigenvalue weighted by Gasteiger charge is -2.09. The number of aromatic nitrogens is 3. The molecule has 1 amide bonds. The second kappa shape index (κ2) is 7.40. The number of amides is 1. The van der Waals surface area contributed by atoms with Gasteiger partial charge >= 0.3 is 6.18 Å². The van der Waals surface area contributed by atoms with E-state index in [1.54, 1.807) is 31.2 Å². The number of carbonyl (C=O) groups excluding carboxylic acids is 1. The smallest absolute Gasteiger partial charge is 0.347 e. The van der Waals surface area contributed by atoms with Gasteiger partial charge in [-0.3, -0.25) is 4.79 Å². The van der Waals surface area contributed by atoms with E-state index in [1.807, 2.05) is 0 Å². The number of alkyl halides is 3. The van der Waals surface area contributed by atoms with Gasteiger partial charge in [0.15, 0.2) is 5.69 Å². The second-order valence-electron chi connectivity index (χ2n) is 5.80. The Morgan fingerprint density at radius 2 is 1.93 bits per heavy atom. The number of hydrogen-bond acceptors (Lipinski definition) is 3. The van der Waals surface area contributed by atoms with Gasteiger partial charge in [-0.2, -0.15) is 13.2 Å². The Morgan fingerprint density at radius 1 is 1.19 bits per heavy atom. The minimum absolute atomic E-state index is 0.0633. The van der Waals surface area contributed by atoms with Gasteiger partial charge in [0.05, 0.1) is 16.9 Å². The van der Waals surface area contributed by atoms with Gasteiger partial charge in [-0.05, 0) is 42.8 Å².